The van der Waals surface area contributed by atoms with Crippen molar-refractivity contribution < 1.29 is 0 Å². The molecule has 0 amide bonds. The van der Waals surface area contributed by atoms with Crippen molar-refractivity contribution in [3.8, 4) is 0 Å². The number of hydrogen-bond donors (Lipinski definition) is 1. The van der Waals surface area contributed by atoms with Gasteiger partial charge in [0.2, 0.25) is 0 Å². The van der Waals surface area contributed by atoms with E-state index in [1.54, 1.807) is 0 Å². The zero-order valence-corrected chi connectivity index (χ0v) is 9.40. The van der Waals surface area contributed by atoms with Crippen molar-refractivity contribution in [1.29, 1.82) is 0 Å². The van der Waals surface area contributed by atoms with E-state index in [0.717, 1.165) is 13.1 Å². The maximum atomic E-state index is 4.09. The number of rotatable bonds is 6. The molecule has 0 aliphatic heterocycles. The molecule has 1 atom stereocenters. The molecule has 3 heteroatoms. The lowest BCUT2D eigenvalue weighted by Gasteiger charge is -2.22. The summed E-state index contributed by atoms with van der Waals surface area (Å²) in [6, 6.07) is 0.518. The van der Waals surface area contributed by atoms with Crippen molar-refractivity contribution in [3.63, 3.8) is 0 Å². The number of aromatic nitrogens is 2. The number of nitrogens with zero attached hydrogens (tertiary/aromatic N) is 2. The largest absolute Gasteiger partial charge is 0.333 e. The lowest BCUT2D eigenvalue weighted by atomic mass is 10.0. The van der Waals surface area contributed by atoms with Crippen LogP contribution in [0.3, 0.4) is 0 Å². The summed E-state index contributed by atoms with van der Waals surface area (Å²) in [5.41, 5.74) is 0. The van der Waals surface area contributed by atoms with E-state index in [-0.39, 0.29) is 0 Å². The normalized spacial score (nSPS) is 13.4. The highest BCUT2D eigenvalue weighted by Crippen LogP contribution is 2.15. The standard InChI is InChI=1S/C11H21N3/c1-4-5-12-8-11(10(2)3)14-7-6-13-9-14/h6-7,9-12H,4-5,8H2,1-3H3. The molecule has 0 spiro atoms. The minimum Gasteiger partial charge on any atom is -0.333 e. The fourth-order valence-electron chi connectivity index (χ4n) is 1.58. The van der Waals surface area contributed by atoms with Crippen molar-refractivity contribution in [1.82, 2.24) is 14.9 Å². The first-order valence-electron chi connectivity index (χ1n) is 5.43. The van der Waals surface area contributed by atoms with Crippen LogP contribution in [-0.4, -0.2) is 22.6 Å². The SMILES string of the molecule is CCCNCC(C(C)C)n1ccnc1. The Labute approximate surface area is 86.5 Å². The molecule has 0 saturated carbocycles. The molecule has 1 rings (SSSR count). The Morgan fingerprint density at radius 1 is 1.43 bits per heavy atom. The molecular formula is C11H21N3. The third-order valence-electron chi connectivity index (χ3n) is 2.46. The van der Waals surface area contributed by atoms with Crippen LogP contribution in [0.25, 0.3) is 0 Å². The highest BCUT2D eigenvalue weighted by Gasteiger charge is 2.13. The molecular weight excluding hydrogens is 174 g/mol. The Balaban J connectivity index is 2.48. The molecule has 0 aromatic carbocycles. The minimum absolute atomic E-state index is 0.518. The van der Waals surface area contributed by atoms with Gasteiger partial charge in [0.15, 0.2) is 0 Å². The first-order valence-corrected chi connectivity index (χ1v) is 5.43. The van der Waals surface area contributed by atoms with Gasteiger partial charge in [-0.05, 0) is 18.9 Å². The zero-order valence-electron chi connectivity index (χ0n) is 9.40. The predicted molar refractivity (Wildman–Crippen MR) is 59.3 cm³/mol. The molecule has 1 aromatic rings. The van der Waals surface area contributed by atoms with Crippen LogP contribution in [0.2, 0.25) is 0 Å². The summed E-state index contributed by atoms with van der Waals surface area (Å²) in [4.78, 5) is 4.09. The number of imidazole rings is 1. The van der Waals surface area contributed by atoms with Crippen LogP contribution in [0.1, 0.15) is 33.2 Å². The van der Waals surface area contributed by atoms with Gasteiger partial charge in [0.25, 0.3) is 0 Å². The average molecular weight is 195 g/mol. The summed E-state index contributed by atoms with van der Waals surface area (Å²) < 4.78 is 2.19. The van der Waals surface area contributed by atoms with Crippen LogP contribution in [0.4, 0.5) is 0 Å². The minimum atomic E-state index is 0.518. The quantitative estimate of drug-likeness (QED) is 0.704. The smallest absolute Gasteiger partial charge is 0.0949 e. The maximum Gasteiger partial charge on any atom is 0.0949 e. The Morgan fingerprint density at radius 2 is 2.21 bits per heavy atom. The van der Waals surface area contributed by atoms with Gasteiger partial charge in [-0.2, -0.15) is 0 Å². The van der Waals surface area contributed by atoms with Crippen LogP contribution in [0, 0.1) is 5.92 Å². The molecule has 0 aliphatic carbocycles. The summed E-state index contributed by atoms with van der Waals surface area (Å²) in [7, 11) is 0. The van der Waals surface area contributed by atoms with Crippen molar-refractivity contribution in [2.75, 3.05) is 13.1 Å². The second-order valence-corrected chi connectivity index (χ2v) is 4.03. The molecule has 14 heavy (non-hydrogen) atoms. The predicted octanol–water partition coefficient (Wildman–Crippen LogP) is 2.08. The fourth-order valence-corrected chi connectivity index (χ4v) is 1.58. The van der Waals surface area contributed by atoms with E-state index < -0.39 is 0 Å². The molecule has 80 valence electrons. The van der Waals surface area contributed by atoms with Crippen LogP contribution < -0.4 is 5.32 Å². The summed E-state index contributed by atoms with van der Waals surface area (Å²) >= 11 is 0. The summed E-state index contributed by atoms with van der Waals surface area (Å²) in [5, 5.41) is 3.46. The molecule has 1 aromatic heterocycles. The van der Waals surface area contributed by atoms with Gasteiger partial charge < -0.3 is 9.88 Å². The molecule has 1 unspecified atom stereocenters. The summed E-state index contributed by atoms with van der Waals surface area (Å²) in [6.45, 7) is 8.81. The van der Waals surface area contributed by atoms with Crippen molar-refractivity contribution in [2.45, 2.75) is 33.2 Å². The monoisotopic (exact) mass is 195 g/mol. The van der Waals surface area contributed by atoms with Gasteiger partial charge in [-0.25, -0.2) is 4.98 Å². The van der Waals surface area contributed by atoms with E-state index in [0.29, 0.717) is 12.0 Å². The lowest BCUT2D eigenvalue weighted by Crippen LogP contribution is -2.28. The van der Waals surface area contributed by atoms with Crippen LogP contribution in [-0.2, 0) is 0 Å². The molecule has 1 N–H and O–H groups in total. The van der Waals surface area contributed by atoms with E-state index in [1.807, 2.05) is 18.7 Å². The van der Waals surface area contributed by atoms with Gasteiger partial charge in [0.1, 0.15) is 0 Å². The van der Waals surface area contributed by atoms with Crippen molar-refractivity contribution in [2.24, 2.45) is 5.92 Å². The van der Waals surface area contributed by atoms with E-state index in [4.69, 9.17) is 0 Å². The van der Waals surface area contributed by atoms with Gasteiger partial charge >= 0.3 is 0 Å². The van der Waals surface area contributed by atoms with Gasteiger partial charge in [0, 0.05) is 25.0 Å². The maximum absolute atomic E-state index is 4.09. The Kier molecular flexibility index (Phi) is 4.66. The third kappa shape index (κ3) is 3.14. The summed E-state index contributed by atoms with van der Waals surface area (Å²) in [6.07, 6.45) is 6.97. The molecule has 0 bridgehead atoms. The lowest BCUT2D eigenvalue weighted by molar-refractivity contribution is 0.356. The molecule has 1 heterocycles. The molecule has 0 aliphatic rings. The van der Waals surface area contributed by atoms with Crippen molar-refractivity contribution >= 4 is 0 Å². The van der Waals surface area contributed by atoms with Crippen LogP contribution >= 0.6 is 0 Å². The van der Waals surface area contributed by atoms with Gasteiger partial charge in [-0.1, -0.05) is 20.8 Å². The molecule has 0 saturated heterocycles. The Hall–Kier alpha value is -0.830. The average Bonchev–Trinajstić information content (AvgIpc) is 2.64. The fraction of sp³-hybridized carbons (Fsp3) is 0.727. The molecule has 3 nitrogen and oxygen atoms in total. The first-order chi connectivity index (χ1) is 6.75. The van der Waals surface area contributed by atoms with E-state index in [2.05, 4.69) is 35.6 Å². The van der Waals surface area contributed by atoms with Crippen LogP contribution in [0.15, 0.2) is 18.7 Å². The first kappa shape index (κ1) is 11.2. The van der Waals surface area contributed by atoms with Gasteiger partial charge in [-0.15, -0.1) is 0 Å². The Bertz CT molecular complexity index is 229. The zero-order chi connectivity index (χ0) is 10.4. The highest BCUT2D eigenvalue weighted by molar-refractivity contribution is 4.83. The van der Waals surface area contributed by atoms with Gasteiger partial charge in [-0.3, -0.25) is 0 Å². The van der Waals surface area contributed by atoms with Crippen molar-refractivity contribution in [3.05, 3.63) is 18.7 Å². The number of hydrogen-bond acceptors (Lipinski definition) is 2. The summed E-state index contributed by atoms with van der Waals surface area (Å²) in [5.74, 6) is 0.633. The van der Waals surface area contributed by atoms with Gasteiger partial charge in [0.05, 0.1) is 6.33 Å². The highest BCUT2D eigenvalue weighted by atomic mass is 15.1. The second-order valence-electron chi connectivity index (χ2n) is 4.03. The second kappa shape index (κ2) is 5.81. The number of nitrogens with one attached hydrogen (secondary N) is 1. The Morgan fingerprint density at radius 3 is 2.71 bits per heavy atom. The van der Waals surface area contributed by atoms with E-state index >= 15 is 0 Å². The third-order valence-corrected chi connectivity index (χ3v) is 2.46. The molecule has 0 fully saturated rings. The van der Waals surface area contributed by atoms with E-state index in [1.165, 1.54) is 6.42 Å². The van der Waals surface area contributed by atoms with Crippen LogP contribution in [0.5, 0.6) is 0 Å². The molecule has 0 radical (unpaired) electrons. The topological polar surface area (TPSA) is 29.9 Å². The van der Waals surface area contributed by atoms with E-state index in [9.17, 15) is 0 Å².